The number of nitrogens with one attached hydrogen (secondary N) is 1. The molecule has 0 aromatic heterocycles. The van der Waals surface area contributed by atoms with Gasteiger partial charge in [-0.3, -0.25) is 0 Å². The summed E-state index contributed by atoms with van der Waals surface area (Å²) >= 11 is 0. The van der Waals surface area contributed by atoms with Crippen LogP contribution in [0.1, 0.15) is 30.0 Å². The van der Waals surface area contributed by atoms with Crippen molar-refractivity contribution in [2.75, 3.05) is 0 Å². The smallest absolute Gasteiger partial charge is 0.0405 e. The Balaban J connectivity index is 2.66. The number of rotatable bonds is 6. The molecular formula is C17H23N. The average molecular weight is 241 g/mol. The molecule has 18 heavy (non-hydrogen) atoms. The maximum atomic E-state index is 3.71. The van der Waals surface area contributed by atoms with Crippen molar-refractivity contribution in [3.8, 4) is 0 Å². The molecule has 1 aromatic rings. The molecule has 0 aliphatic carbocycles. The second kappa shape index (κ2) is 7.54. The molecule has 0 aliphatic heterocycles. The zero-order valence-electron chi connectivity index (χ0n) is 11.7. The SMILES string of the molecule is C=CC/C=C\C(=C/C)NCc1c(C)cccc1C. The molecule has 1 heteroatoms. The lowest BCUT2D eigenvalue weighted by molar-refractivity contribution is 0.818. The Bertz CT molecular complexity index is 432. The molecule has 0 fully saturated rings. The van der Waals surface area contributed by atoms with E-state index in [0.717, 1.165) is 18.7 Å². The van der Waals surface area contributed by atoms with Crippen LogP contribution in [-0.2, 0) is 6.54 Å². The van der Waals surface area contributed by atoms with E-state index in [-0.39, 0.29) is 0 Å². The van der Waals surface area contributed by atoms with Gasteiger partial charge < -0.3 is 5.32 Å². The van der Waals surface area contributed by atoms with Crippen LogP contribution in [-0.4, -0.2) is 0 Å². The second-order valence-corrected chi connectivity index (χ2v) is 4.39. The van der Waals surface area contributed by atoms with Crippen molar-refractivity contribution >= 4 is 0 Å². The van der Waals surface area contributed by atoms with E-state index >= 15 is 0 Å². The molecular weight excluding hydrogens is 218 g/mol. The molecule has 0 aliphatic rings. The highest BCUT2D eigenvalue weighted by molar-refractivity contribution is 5.34. The van der Waals surface area contributed by atoms with Crippen molar-refractivity contribution in [1.29, 1.82) is 0 Å². The van der Waals surface area contributed by atoms with E-state index in [2.05, 4.69) is 62.2 Å². The van der Waals surface area contributed by atoms with Gasteiger partial charge in [0.25, 0.3) is 0 Å². The number of benzene rings is 1. The summed E-state index contributed by atoms with van der Waals surface area (Å²) in [6, 6.07) is 6.43. The second-order valence-electron chi connectivity index (χ2n) is 4.39. The highest BCUT2D eigenvalue weighted by Crippen LogP contribution is 2.13. The van der Waals surface area contributed by atoms with E-state index in [1.807, 2.05) is 13.0 Å². The average Bonchev–Trinajstić information content (AvgIpc) is 2.36. The van der Waals surface area contributed by atoms with E-state index in [4.69, 9.17) is 0 Å². The summed E-state index contributed by atoms with van der Waals surface area (Å²) in [6.07, 6.45) is 9.11. The van der Waals surface area contributed by atoms with Crippen LogP contribution in [0.15, 0.2) is 54.8 Å². The number of allylic oxidation sites excluding steroid dienone is 4. The lowest BCUT2D eigenvalue weighted by Crippen LogP contribution is -2.13. The van der Waals surface area contributed by atoms with Crippen molar-refractivity contribution in [1.82, 2.24) is 5.32 Å². The van der Waals surface area contributed by atoms with Crippen molar-refractivity contribution in [2.45, 2.75) is 33.7 Å². The predicted octanol–water partition coefficient (Wildman–Crippen LogP) is 4.43. The highest BCUT2D eigenvalue weighted by atomic mass is 14.9. The lowest BCUT2D eigenvalue weighted by atomic mass is 10.0. The van der Waals surface area contributed by atoms with E-state index in [0.29, 0.717) is 0 Å². The van der Waals surface area contributed by atoms with Gasteiger partial charge in [0.1, 0.15) is 0 Å². The first-order chi connectivity index (χ1) is 8.69. The number of hydrogen-bond donors (Lipinski definition) is 1. The van der Waals surface area contributed by atoms with Gasteiger partial charge >= 0.3 is 0 Å². The molecule has 0 saturated carbocycles. The van der Waals surface area contributed by atoms with E-state index in [1.165, 1.54) is 16.7 Å². The van der Waals surface area contributed by atoms with Gasteiger partial charge in [-0.15, -0.1) is 6.58 Å². The van der Waals surface area contributed by atoms with Gasteiger partial charge in [-0.25, -0.2) is 0 Å². The van der Waals surface area contributed by atoms with Gasteiger partial charge in [-0.05, 0) is 50.0 Å². The first-order valence-electron chi connectivity index (χ1n) is 6.41. The molecule has 1 rings (SSSR count). The molecule has 0 spiro atoms. The lowest BCUT2D eigenvalue weighted by Gasteiger charge is -2.12. The molecule has 0 atom stereocenters. The first kappa shape index (κ1) is 14.3. The van der Waals surface area contributed by atoms with Crippen LogP contribution in [0.4, 0.5) is 0 Å². The molecule has 0 amide bonds. The summed E-state index contributed by atoms with van der Waals surface area (Å²) in [4.78, 5) is 0. The largest absolute Gasteiger partial charge is 0.381 e. The minimum atomic E-state index is 0.872. The molecule has 1 nitrogen and oxygen atoms in total. The minimum Gasteiger partial charge on any atom is -0.381 e. The van der Waals surface area contributed by atoms with Crippen LogP contribution in [0.3, 0.4) is 0 Å². The van der Waals surface area contributed by atoms with Crippen LogP contribution >= 0.6 is 0 Å². The number of aryl methyl sites for hydroxylation is 2. The fraction of sp³-hybridized carbons (Fsp3) is 0.294. The van der Waals surface area contributed by atoms with E-state index < -0.39 is 0 Å². The summed E-state index contributed by atoms with van der Waals surface area (Å²) in [5.41, 5.74) is 5.22. The van der Waals surface area contributed by atoms with Crippen LogP contribution in [0.25, 0.3) is 0 Å². The summed E-state index contributed by atoms with van der Waals surface area (Å²) in [5.74, 6) is 0. The standard InChI is InChI=1S/C17H23N/c1-5-7-8-12-16(6-2)18-13-17-14(3)10-9-11-15(17)4/h5-6,8-12,18H,1,7,13H2,2-4H3/b12-8-,16-6+. The van der Waals surface area contributed by atoms with Gasteiger partial charge in [-0.1, -0.05) is 36.4 Å². The Kier molecular flexibility index (Phi) is 5.99. The maximum Gasteiger partial charge on any atom is 0.0405 e. The molecule has 0 radical (unpaired) electrons. The Hall–Kier alpha value is -1.76. The van der Waals surface area contributed by atoms with Crippen molar-refractivity contribution in [2.24, 2.45) is 0 Å². The predicted molar refractivity (Wildman–Crippen MR) is 80.5 cm³/mol. The van der Waals surface area contributed by atoms with E-state index in [9.17, 15) is 0 Å². The molecule has 0 heterocycles. The molecule has 96 valence electrons. The molecule has 1 N–H and O–H groups in total. The van der Waals surface area contributed by atoms with Gasteiger partial charge in [0.05, 0.1) is 0 Å². The van der Waals surface area contributed by atoms with Crippen LogP contribution in [0.5, 0.6) is 0 Å². The Morgan fingerprint density at radius 1 is 1.28 bits per heavy atom. The zero-order chi connectivity index (χ0) is 13.4. The third-order valence-corrected chi connectivity index (χ3v) is 3.02. The molecule has 1 aromatic carbocycles. The summed E-state index contributed by atoms with van der Waals surface area (Å²) < 4.78 is 0. The topological polar surface area (TPSA) is 12.0 Å². The van der Waals surface area contributed by atoms with E-state index in [1.54, 1.807) is 0 Å². The van der Waals surface area contributed by atoms with Crippen molar-refractivity contribution in [3.63, 3.8) is 0 Å². The van der Waals surface area contributed by atoms with Crippen LogP contribution < -0.4 is 5.32 Å². The monoisotopic (exact) mass is 241 g/mol. The van der Waals surface area contributed by atoms with Crippen molar-refractivity contribution in [3.05, 3.63) is 71.5 Å². The Labute approximate surface area is 111 Å². The third kappa shape index (κ3) is 4.25. The van der Waals surface area contributed by atoms with Gasteiger partial charge in [0.2, 0.25) is 0 Å². The third-order valence-electron chi connectivity index (χ3n) is 3.02. The normalized spacial score (nSPS) is 11.8. The van der Waals surface area contributed by atoms with Crippen molar-refractivity contribution < 1.29 is 0 Å². The summed E-state index contributed by atoms with van der Waals surface area (Å²) in [7, 11) is 0. The minimum absolute atomic E-state index is 0.872. The highest BCUT2D eigenvalue weighted by Gasteiger charge is 2.01. The van der Waals surface area contributed by atoms with Gasteiger partial charge in [0.15, 0.2) is 0 Å². The zero-order valence-corrected chi connectivity index (χ0v) is 11.7. The number of hydrogen-bond acceptors (Lipinski definition) is 1. The summed E-state index contributed by atoms with van der Waals surface area (Å²) in [5, 5.41) is 3.47. The van der Waals surface area contributed by atoms with Crippen LogP contribution in [0.2, 0.25) is 0 Å². The molecule has 0 saturated heterocycles. The summed E-state index contributed by atoms with van der Waals surface area (Å²) in [6.45, 7) is 10.9. The molecule has 0 unspecified atom stereocenters. The molecule has 0 bridgehead atoms. The quantitative estimate of drug-likeness (QED) is 0.574. The Morgan fingerprint density at radius 2 is 1.94 bits per heavy atom. The first-order valence-corrected chi connectivity index (χ1v) is 6.41. The Morgan fingerprint density at radius 3 is 2.50 bits per heavy atom. The van der Waals surface area contributed by atoms with Gasteiger partial charge in [-0.2, -0.15) is 0 Å². The van der Waals surface area contributed by atoms with Crippen LogP contribution in [0, 0.1) is 13.8 Å². The van der Waals surface area contributed by atoms with Gasteiger partial charge in [0, 0.05) is 12.2 Å². The maximum absolute atomic E-state index is 3.71. The fourth-order valence-corrected chi connectivity index (χ4v) is 1.87. The fourth-order valence-electron chi connectivity index (χ4n) is 1.87.